The second-order valence-electron chi connectivity index (χ2n) is 1.21. The summed E-state index contributed by atoms with van der Waals surface area (Å²) < 4.78 is 8.02. The molecule has 0 aromatic heterocycles. The molecule has 0 saturated heterocycles. The molecule has 0 nitrogen and oxygen atoms in total. The summed E-state index contributed by atoms with van der Waals surface area (Å²) in [5, 5.41) is 0. The Bertz CT molecular complexity index is 165. The van der Waals surface area contributed by atoms with Crippen LogP contribution < -0.4 is 0 Å². The largest absolute Gasteiger partial charge is 0.0635 e. The zero-order valence-corrected chi connectivity index (χ0v) is 5.27. The van der Waals surface area contributed by atoms with Crippen LogP contribution in [0, 0.1) is 0 Å². The van der Waals surface area contributed by atoms with E-state index in [1.165, 1.54) is 0 Å². The van der Waals surface area contributed by atoms with Gasteiger partial charge in [0.05, 0.1) is 1.37 Å². The fraction of sp³-hybridized carbons (Fsp3) is 0. The van der Waals surface area contributed by atoms with Crippen molar-refractivity contribution in [3.8, 4) is 0 Å². The summed E-state index contributed by atoms with van der Waals surface area (Å²) in [4.78, 5) is 0. The summed E-state index contributed by atoms with van der Waals surface area (Å²) in [5.74, 6) is 0. The summed E-state index contributed by atoms with van der Waals surface area (Å²) >= 11 is 3.21. The van der Waals surface area contributed by atoms with Crippen molar-refractivity contribution in [1.29, 1.82) is 0 Å². The van der Waals surface area contributed by atoms with Crippen LogP contribution in [-0.2, 0) is 0 Å². The smallest absolute Gasteiger partial charge is 0.0622 e. The number of benzene rings is 1. The SMILES string of the molecule is [2H]c1ccccc1Br. The van der Waals surface area contributed by atoms with Crippen molar-refractivity contribution in [2.45, 2.75) is 0 Å². The third-order valence-corrected chi connectivity index (χ3v) is 1.16. The fourth-order valence-electron chi connectivity index (χ4n) is 0.371. The molecule has 0 unspecified atom stereocenters. The minimum Gasteiger partial charge on any atom is -0.0622 e. The zero-order chi connectivity index (χ0) is 5.98. The van der Waals surface area contributed by atoms with Crippen molar-refractivity contribution < 1.29 is 1.37 Å². The van der Waals surface area contributed by atoms with Crippen LogP contribution in [0.3, 0.4) is 0 Å². The molecule has 36 valence electrons. The molecule has 0 aliphatic carbocycles. The minimum atomic E-state index is 0.535. The van der Waals surface area contributed by atoms with E-state index in [0.29, 0.717) is 6.04 Å². The third-order valence-electron chi connectivity index (χ3n) is 0.671. The molecule has 1 heteroatoms. The number of halogens is 1. The van der Waals surface area contributed by atoms with Crippen molar-refractivity contribution in [3.63, 3.8) is 0 Å². The first kappa shape index (κ1) is 3.67. The van der Waals surface area contributed by atoms with Gasteiger partial charge < -0.3 is 0 Å². The Hall–Kier alpha value is -0.300. The first-order valence-electron chi connectivity index (χ1n) is 2.52. The van der Waals surface area contributed by atoms with Crippen LogP contribution in [0.5, 0.6) is 0 Å². The van der Waals surface area contributed by atoms with E-state index in [1.54, 1.807) is 6.07 Å². The normalized spacial score (nSPS) is 10.7. The maximum atomic E-state index is 7.17. The van der Waals surface area contributed by atoms with Gasteiger partial charge in [0.1, 0.15) is 0 Å². The van der Waals surface area contributed by atoms with Crippen LogP contribution in [-0.4, -0.2) is 0 Å². The van der Waals surface area contributed by atoms with Gasteiger partial charge in [-0.25, -0.2) is 0 Å². The summed E-state index contributed by atoms with van der Waals surface area (Å²) in [6, 6.07) is 7.86. The van der Waals surface area contributed by atoms with E-state index in [9.17, 15) is 0 Å². The number of rotatable bonds is 0. The highest BCUT2D eigenvalue weighted by Gasteiger charge is 1.74. The molecule has 7 heavy (non-hydrogen) atoms. The predicted molar refractivity (Wildman–Crippen MR) is 34.1 cm³/mol. The predicted octanol–water partition coefficient (Wildman–Crippen LogP) is 2.45. The minimum absolute atomic E-state index is 0.535. The van der Waals surface area contributed by atoms with Gasteiger partial charge >= 0.3 is 0 Å². The molecule has 1 aromatic rings. The van der Waals surface area contributed by atoms with Gasteiger partial charge in [0.2, 0.25) is 0 Å². The van der Waals surface area contributed by atoms with E-state index >= 15 is 0 Å². The molecule has 0 N–H and O–H groups in total. The molecule has 0 bridgehead atoms. The van der Waals surface area contributed by atoms with Crippen LogP contribution in [0.1, 0.15) is 1.37 Å². The van der Waals surface area contributed by atoms with Crippen LogP contribution in [0.2, 0.25) is 0 Å². The molecule has 0 amide bonds. The summed E-state index contributed by atoms with van der Waals surface area (Å²) in [6.45, 7) is 0. The highest BCUT2D eigenvalue weighted by atomic mass is 79.9. The number of hydrogen-bond acceptors (Lipinski definition) is 0. The topological polar surface area (TPSA) is 0 Å². The molecule has 0 saturated carbocycles. The molecule has 0 heterocycles. The van der Waals surface area contributed by atoms with Gasteiger partial charge in [0.15, 0.2) is 0 Å². The zero-order valence-electron chi connectivity index (χ0n) is 4.69. The van der Waals surface area contributed by atoms with Gasteiger partial charge in [-0.3, -0.25) is 0 Å². The van der Waals surface area contributed by atoms with Crippen LogP contribution in [0.4, 0.5) is 0 Å². The van der Waals surface area contributed by atoms with Crippen LogP contribution in [0.15, 0.2) is 34.8 Å². The van der Waals surface area contributed by atoms with Crippen molar-refractivity contribution in [2.24, 2.45) is 0 Å². The van der Waals surface area contributed by atoms with E-state index in [4.69, 9.17) is 1.37 Å². The van der Waals surface area contributed by atoms with E-state index in [2.05, 4.69) is 15.9 Å². The lowest BCUT2D eigenvalue weighted by Gasteiger charge is -1.80. The van der Waals surface area contributed by atoms with E-state index in [0.717, 1.165) is 4.47 Å². The third kappa shape index (κ3) is 1.32. The Morgan fingerprint density at radius 1 is 1.43 bits per heavy atom. The summed E-state index contributed by atoms with van der Waals surface area (Å²) in [7, 11) is 0. The van der Waals surface area contributed by atoms with Gasteiger partial charge in [-0.05, 0) is 12.1 Å². The van der Waals surface area contributed by atoms with Crippen molar-refractivity contribution in [1.82, 2.24) is 0 Å². The molecule has 0 aliphatic rings. The number of hydrogen-bond donors (Lipinski definition) is 0. The van der Waals surface area contributed by atoms with Crippen LogP contribution in [0.25, 0.3) is 0 Å². The molecule has 0 fully saturated rings. The molecular weight excluding hydrogens is 152 g/mol. The quantitative estimate of drug-likeness (QED) is 0.543. The van der Waals surface area contributed by atoms with Gasteiger partial charge in [0, 0.05) is 4.47 Å². The first-order chi connectivity index (χ1) is 3.80. The van der Waals surface area contributed by atoms with E-state index in [-0.39, 0.29) is 0 Å². The van der Waals surface area contributed by atoms with E-state index in [1.807, 2.05) is 18.2 Å². The standard InChI is InChI=1S/C6H5Br/c7-6-4-2-1-3-5-6/h1-5H/i4D. The lowest BCUT2D eigenvalue weighted by Crippen LogP contribution is -1.55. The molecule has 0 radical (unpaired) electrons. The average molecular weight is 158 g/mol. The molecule has 0 spiro atoms. The van der Waals surface area contributed by atoms with Crippen molar-refractivity contribution in [3.05, 3.63) is 34.8 Å². The second kappa shape index (κ2) is 2.12. The fourth-order valence-corrected chi connectivity index (χ4v) is 0.656. The Balaban J connectivity index is 3.13. The Kier molecular flexibility index (Phi) is 1.11. The van der Waals surface area contributed by atoms with Gasteiger partial charge in [0.25, 0.3) is 0 Å². The van der Waals surface area contributed by atoms with E-state index < -0.39 is 0 Å². The highest BCUT2D eigenvalue weighted by molar-refractivity contribution is 9.10. The lowest BCUT2D eigenvalue weighted by atomic mass is 10.4. The first-order valence-corrected chi connectivity index (χ1v) is 2.81. The molecule has 1 rings (SSSR count). The van der Waals surface area contributed by atoms with Gasteiger partial charge in [-0.2, -0.15) is 0 Å². The molecular formula is C6H5Br. The Labute approximate surface area is 52.7 Å². The lowest BCUT2D eigenvalue weighted by molar-refractivity contribution is 1.66. The maximum Gasteiger partial charge on any atom is 0.0635 e. The average Bonchev–Trinajstić information content (AvgIpc) is 1.77. The van der Waals surface area contributed by atoms with Gasteiger partial charge in [-0.15, -0.1) is 0 Å². The monoisotopic (exact) mass is 157 g/mol. The van der Waals surface area contributed by atoms with Gasteiger partial charge in [-0.1, -0.05) is 34.1 Å². The molecule has 1 aromatic carbocycles. The highest BCUT2D eigenvalue weighted by Crippen LogP contribution is 2.05. The molecule has 0 atom stereocenters. The maximum absolute atomic E-state index is 7.17. The Morgan fingerprint density at radius 3 is 2.71 bits per heavy atom. The summed E-state index contributed by atoms with van der Waals surface area (Å²) in [5.41, 5.74) is 0. The van der Waals surface area contributed by atoms with Crippen molar-refractivity contribution >= 4 is 15.9 Å². The molecule has 0 aliphatic heterocycles. The van der Waals surface area contributed by atoms with Crippen molar-refractivity contribution in [2.75, 3.05) is 0 Å². The van der Waals surface area contributed by atoms with Crippen LogP contribution >= 0.6 is 15.9 Å². The second-order valence-corrected chi connectivity index (χ2v) is 2.06. The Morgan fingerprint density at radius 2 is 2.29 bits per heavy atom. The summed E-state index contributed by atoms with van der Waals surface area (Å²) in [6.07, 6.45) is 0.